The van der Waals surface area contributed by atoms with Crippen LogP contribution in [0.5, 0.6) is 0 Å². The van der Waals surface area contributed by atoms with Crippen LogP contribution in [0.4, 0.5) is 0 Å². The minimum atomic E-state index is -3.67. The summed E-state index contributed by atoms with van der Waals surface area (Å²) in [6.45, 7) is 1.61. The van der Waals surface area contributed by atoms with Crippen molar-refractivity contribution in [2.75, 3.05) is 14.1 Å². The van der Waals surface area contributed by atoms with Crippen LogP contribution in [-0.2, 0) is 21.4 Å². The number of nitrogens with zero attached hydrogens (tertiary/aromatic N) is 2. The molecule has 0 saturated carbocycles. The van der Waals surface area contributed by atoms with E-state index >= 15 is 0 Å². The molecular weight excluding hydrogens is 344 g/mol. The van der Waals surface area contributed by atoms with Crippen LogP contribution >= 0.6 is 11.6 Å². The average molecular weight is 359 g/mol. The van der Waals surface area contributed by atoms with Crippen molar-refractivity contribution in [3.8, 4) is 0 Å². The molecule has 1 heterocycles. The number of benzene rings is 1. The van der Waals surface area contributed by atoms with Crippen LogP contribution < -0.4 is 0 Å². The Kier molecular flexibility index (Phi) is 5.08. The molecule has 23 heavy (non-hydrogen) atoms. The summed E-state index contributed by atoms with van der Waals surface area (Å²) in [7, 11) is -0.879. The Morgan fingerprint density at radius 2 is 2.04 bits per heavy atom. The topological polar surface area (TPSA) is 89.7 Å². The third-order valence-electron chi connectivity index (χ3n) is 2.96. The van der Waals surface area contributed by atoms with E-state index in [1.54, 1.807) is 13.0 Å². The van der Waals surface area contributed by atoms with Crippen molar-refractivity contribution in [2.45, 2.75) is 18.4 Å². The van der Waals surface area contributed by atoms with Crippen LogP contribution in [-0.4, -0.2) is 37.9 Å². The van der Waals surface area contributed by atoms with Crippen molar-refractivity contribution in [1.82, 2.24) is 9.46 Å². The number of rotatable bonds is 5. The van der Waals surface area contributed by atoms with Gasteiger partial charge in [-0.1, -0.05) is 16.8 Å². The quantitative estimate of drug-likeness (QED) is 0.761. The molecule has 0 N–H and O–H groups in total. The third kappa shape index (κ3) is 3.90. The average Bonchev–Trinajstić information content (AvgIpc) is 2.90. The lowest BCUT2D eigenvalue weighted by atomic mass is 10.2. The van der Waals surface area contributed by atoms with Gasteiger partial charge in [-0.05, 0) is 25.1 Å². The Bertz CT molecular complexity index is 829. The highest BCUT2D eigenvalue weighted by molar-refractivity contribution is 7.89. The van der Waals surface area contributed by atoms with Gasteiger partial charge in [-0.3, -0.25) is 0 Å². The highest BCUT2D eigenvalue weighted by Crippen LogP contribution is 2.23. The molecule has 2 aromatic rings. The molecule has 0 aliphatic rings. The number of hydrogen-bond donors (Lipinski definition) is 0. The minimum Gasteiger partial charge on any atom is -0.455 e. The van der Waals surface area contributed by atoms with Crippen LogP contribution in [0.15, 0.2) is 33.7 Å². The monoisotopic (exact) mass is 358 g/mol. The number of sulfonamides is 1. The summed E-state index contributed by atoms with van der Waals surface area (Å²) in [5.41, 5.74) is 0.416. The lowest BCUT2D eigenvalue weighted by Gasteiger charge is -2.12. The summed E-state index contributed by atoms with van der Waals surface area (Å²) in [5, 5.41) is 3.80. The van der Waals surface area contributed by atoms with Gasteiger partial charge >= 0.3 is 5.97 Å². The molecule has 0 bridgehead atoms. The molecule has 0 unspecified atom stereocenters. The number of carbonyl (C=O) groups is 1. The van der Waals surface area contributed by atoms with Crippen molar-refractivity contribution in [3.63, 3.8) is 0 Å². The molecule has 0 atom stereocenters. The van der Waals surface area contributed by atoms with E-state index in [9.17, 15) is 13.2 Å². The zero-order valence-corrected chi connectivity index (χ0v) is 14.3. The third-order valence-corrected chi connectivity index (χ3v) is 5.10. The number of ether oxygens (including phenoxy) is 1. The molecule has 1 aromatic carbocycles. The fourth-order valence-corrected chi connectivity index (χ4v) is 2.86. The molecule has 1 aromatic heterocycles. The molecule has 124 valence electrons. The van der Waals surface area contributed by atoms with Crippen molar-refractivity contribution in [3.05, 3.63) is 46.3 Å². The van der Waals surface area contributed by atoms with Crippen molar-refractivity contribution < 1.29 is 22.5 Å². The minimum absolute atomic E-state index is 0.0326. The molecule has 0 aliphatic carbocycles. The highest BCUT2D eigenvalue weighted by Gasteiger charge is 2.21. The van der Waals surface area contributed by atoms with Gasteiger partial charge in [0.1, 0.15) is 18.1 Å². The van der Waals surface area contributed by atoms with Crippen LogP contribution in [0.25, 0.3) is 0 Å². The summed E-state index contributed by atoms with van der Waals surface area (Å²) in [6, 6.07) is 5.49. The lowest BCUT2D eigenvalue weighted by molar-refractivity contribution is 0.0464. The van der Waals surface area contributed by atoms with Crippen LogP contribution in [0.1, 0.15) is 21.8 Å². The van der Waals surface area contributed by atoms with Gasteiger partial charge in [0.25, 0.3) is 0 Å². The Balaban J connectivity index is 2.23. The predicted octanol–water partition coefficient (Wildman–Crippen LogP) is 2.24. The van der Waals surface area contributed by atoms with Gasteiger partial charge < -0.3 is 9.26 Å². The maximum atomic E-state index is 12.1. The lowest BCUT2D eigenvalue weighted by Crippen LogP contribution is -2.22. The highest BCUT2D eigenvalue weighted by atomic mass is 35.5. The summed E-state index contributed by atoms with van der Waals surface area (Å²) in [6.07, 6.45) is 0. The van der Waals surface area contributed by atoms with E-state index < -0.39 is 16.0 Å². The summed E-state index contributed by atoms with van der Waals surface area (Å²) in [5.74, 6) is -0.153. The van der Waals surface area contributed by atoms with Crippen molar-refractivity contribution in [2.24, 2.45) is 0 Å². The van der Waals surface area contributed by atoms with Crippen LogP contribution in [0, 0.1) is 6.92 Å². The molecule has 9 heteroatoms. The summed E-state index contributed by atoms with van der Waals surface area (Å²) in [4.78, 5) is 12.1. The Morgan fingerprint density at radius 3 is 2.61 bits per heavy atom. The smallest absolute Gasteiger partial charge is 0.340 e. The van der Waals surface area contributed by atoms with E-state index in [-0.39, 0.29) is 22.1 Å². The maximum Gasteiger partial charge on any atom is 0.340 e. The molecule has 2 rings (SSSR count). The van der Waals surface area contributed by atoms with Gasteiger partial charge in [-0.2, -0.15) is 0 Å². The SMILES string of the molecule is Cc1cc(COC(=O)c2cc(S(=O)(=O)N(C)C)ccc2Cl)no1. The summed E-state index contributed by atoms with van der Waals surface area (Å²) >= 11 is 5.96. The first-order valence-corrected chi connectivity index (χ1v) is 8.35. The van der Waals surface area contributed by atoms with E-state index in [4.69, 9.17) is 20.9 Å². The Labute approximate surface area is 138 Å². The second-order valence-corrected chi connectivity index (χ2v) is 7.49. The van der Waals surface area contributed by atoms with E-state index in [1.807, 2.05) is 0 Å². The molecular formula is C14H15ClN2O5S. The number of halogens is 1. The van der Waals surface area contributed by atoms with Gasteiger partial charge in [0, 0.05) is 20.2 Å². The first-order chi connectivity index (χ1) is 10.7. The van der Waals surface area contributed by atoms with Gasteiger partial charge in [0.2, 0.25) is 10.0 Å². The van der Waals surface area contributed by atoms with Crippen molar-refractivity contribution in [1.29, 1.82) is 0 Å². The molecule has 0 radical (unpaired) electrons. The van der Waals surface area contributed by atoms with E-state index in [1.165, 1.54) is 32.3 Å². The van der Waals surface area contributed by atoms with E-state index in [2.05, 4.69) is 5.16 Å². The largest absolute Gasteiger partial charge is 0.455 e. The molecule has 0 spiro atoms. The first kappa shape index (κ1) is 17.5. The number of aromatic nitrogens is 1. The van der Waals surface area contributed by atoms with Gasteiger partial charge in [0.05, 0.1) is 15.5 Å². The Hall–Kier alpha value is -1.90. The van der Waals surface area contributed by atoms with Crippen molar-refractivity contribution >= 4 is 27.6 Å². The van der Waals surface area contributed by atoms with Gasteiger partial charge in [0.15, 0.2) is 0 Å². The van der Waals surface area contributed by atoms with Gasteiger partial charge in [-0.25, -0.2) is 17.5 Å². The number of esters is 1. The normalized spacial score (nSPS) is 11.7. The fraction of sp³-hybridized carbons (Fsp3) is 0.286. The number of carbonyl (C=O) groups excluding carboxylic acids is 1. The molecule has 0 fully saturated rings. The second kappa shape index (κ2) is 6.69. The number of hydrogen-bond acceptors (Lipinski definition) is 6. The molecule has 0 aliphatic heterocycles. The molecule has 7 nitrogen and oxygen atoms in total. The predicted molar refractivity (Wildman–Crippen MR) is 82.7 cm³/mol. The summed E-state index contributed by atoms with van der Waals surface area (Å²) < 4.78 is 35.2. The molecule has 0 amide bonds. The standard InChI is InChI=1S/C14H15ClN2O5S/c1-9-6-10(16-22-9)8-21-14(18)12-7-11(4-5-13(12)15)23(19,20)17(2)3/h4-7H,8H2,1-3H3. The fourth-order valence-electron chi connectivity index (χ4n) is 1.74. The van der Waals surface area contributed by atoms with Crippen LogP contribution in [0.2, 0.25) is 5.02 Å². The van der Waals surface area contributed by atoms with E-state index in [0.717, 1.165) is 4.31 Å². The van der Waals surface area contributed by atoms with Crippen LogP contribution in [0.3, 0.4) is 0 Å². The Morgan fingerprint density at radius 1 is 1.35 bits per heavy atom. The molecule has 0 saturated heterocycles. The second-order valence-electron chi connectivity index (χ2n) is 4.93. The van der Waals surface area contributed by atoms with Gasteiger partial charge in [-0.15, -0.1) is 0 Å². The van der Waals surface area contributed by atoms with E-state index in [0.29, 0.717) is 11.5 Å². The zero-order chi connectivity index (χ0) is 17.2. The first-order valence-electron chi connectivity index (χ1n) is 6.53. The maximum absolute atomic E-state index is 12.1. The zero-order valence-electron chi connectivity index (χ0n) is 12.7. The number of aryl methyl sites for hydroxylation is 1.